The molecule has 1 nitrogen and oxygen atoms in total. The van der Waals surface area contributed by atoms with Crippen molar-refractivity contribution in [1.82, 2.24) is 0 Å². The quantitative estimate of drug-likeness (QED) is 0.246. The predicted octanol–water partition coefficient (Wildman–Crippen LogP) is 9.13. The van der Waals surface area contributed by atoms with E-state index >= 15 is 0 Å². The molecule has 0 atom stereocenters. The van der Waals surface area contributed by atoms with Gasteiger partial charge in [-0.15, -0.1) is 0 Å². The molecule has 0 bridgehead atoms. The Labute approximate surface area is 218 Å². The molecule has 0 N–H and O–H groups in total. The number of hydrogen-bond donors (Lipinski definition) is 0. The second-order valence-electron chi connectivity index (χ2n) is 9.65. The molecular weight excluding hydrogens is 446 g/mol. The highest BCUT2D eigenvalue weighted by Gasteiger charge is 2.27. The van der Waals surface area contributed by atoms with Crippen LogP contribution in [0.4, 0.5) is 17.1 Å². The molecule has 0 saturated carbocycles. The third-order valence-corrected chi connectivity index (χ3v) is 7.57. The first-order valence-corrected chi connectivity index (χ1v) is 13.0. The largest absolute Gasteiger partial charge is 0.310 e. The number of para-hydroxylation sites is 1. The third kappa shape index (κ3) is 3.72. The van der Waals surface area contributed by atoms with Gasteiger partial charge in [0.15, 0.2) is 0 Å². The van der Waals surface area contributed by atoms with Gasteiger partial charge in [0.25, 0.3) is 0 Å². The summed E-state index contributed by atoms with van der Waals surface area (Å²) >= 11 is 0. The van der Waals surface area contributed by atoms with Gasteiger partial charge < -0.3 is 4.90 Å². The number of hydrogen-bond acceptors (Lipinski definition) is 1. The molecule has 2 aliphatic carbocycles. The Hall–Kier alpha value is -4.62. The SMILES string of the molecule is C1=C(c2ccccc2)c2cccc(N(c3ccccc3)c3cccc4c3CC=C4c3ccccc3)c2C1. The monoisotopic (exact) mass is 473 g/mol. The summed E-state index contributed by atoms with van der Waals surface area (Å²) in [5.74, 6) is 0. The first kappa shape index (κ1) is 21.6. The number of allylic oxidation sites excluding steroid dienone is 2. The van der Waals surface area contributed by atoms with Crippen molar-refractivity contribution in [2.45, 2.75) is 12.8 Å². The topological polar surface area (TPSA) is 3.24 Å². The van der Waals surface area contributed by atoms with Gasteiger partial charge in [-0.25, -0.2) is 0 Å². The highest BCUT2D eigenvalue weighted by atomic mass is 15.1. The summed E-state index contributed by atoms with van der Waals surface area (Å²) in [7, 11) is 0. The Morgan fingerprint density at radius 1 is 0.405 bits per heavy atom. The molecule has 5 aromatic rings. The fourth-order valence-electron chi connectivity index (χ4n) is 5.90. The Morgan fingerprint density at radius 3 is 1.30 bits per heavy atom. The van der Waals surface area contributed by atoms with E-state index < -0.39 is 0 Å². The molecule has 0 unspecified atom stereocenters. The van der Waals surface area contributed by atoms with Crippen molar-refractivity contribution in [3.63, 3.8) is 0 Å². The van der Waals surface area contributed by atoms with Crippen LogP contribution in [0.15, 0.2) is 140 Å². The lowest BCUT2D eigenvalue weighted by Gasteiger charge is -2.30. The molecule has 0 fully saturated rings. The van der Waals surface area contributed by atoms with E-state index in [1.165, 1.54) is 61.6 Å². The zero-order chi connectivity index (χ0) is 24.6. The standard InChI is InChI=1S/C36H27N/c1-4-12-26(13-5-1)29-22-24-33-31(29)18-10-20-35(33)37(28-16-8-3-9-17-28)36-21-11-19-32-30(23-25-34(32)36)27-14-6-2-7-15-27/h1-23H,24-25H2. The first-order chi connectivity index (χ1) is 18.4. The van der Waals surface area contributed by atoms with E-state index in [-0.39, 0.29) is 0 Å². The third-order valence-electron chi connectivity index (χ3n) is 7.57. The van der Waals surface area contributed by atoms with E-state index in [9.17, 15) is 0 Å². The van der Waals surface area contributed by atoms with Crippen LogP contribution in [0.5, 0.6) is 0 Å². The molecule has 0 aliphatic heterocycles. The Kier molecular flexibility index (Phi) is 5.33. The maximum absolute atomic E-state index is 2.47. The van der Waals surface area contributed by atoms with Gasteiger partial charge in [0.05, 0.1) is 11.4 Å². The average Bonchev–Trinajstić information content (AvgIpc) is 3.61. The lowest BCUT2D eigenvalue weighted by Crippen LogP contribution is -2.14. The molecule has 1 heteroatoms. The van der Waals surface area contributed by atoms with Crippen molar-refractivity contribution in [3.8, 4) is 0 Å². The minimum absolute atomic E-state index is 0.932. The average molecular weight is 474 g/mol. The van der Waals surface area contributed by atoms with Crippen molar-refractivity contribution in [2.24, 2.45) is 0 Å². The number of fused-ring (bicyclic) bond motifs is 2. The fraction of sp³-hybridized carbons (Fsp3) is 0.0556. The van der Waals surface area contributed by atoms with Crippen LogP contribution in [0.25, 0.3) is 11.1 Å². The number of anilines is 3. The van der Waals surface area contributed by atoms with E-state index in [4.69, 9.17) is 0 Å². The van der Waals surface area contributed by atoms with Gasteiger partial charge in [-0.3, -0.25) is 0 Å². The minimum atomic E-state index is 0.932. The summed E-state index contributed by atoms with van der Waals surface area (Å²) in [6, 6.07) is 45.9. The number of benzene rings is 5. The molecule has 0 amide bonds. The van der Waals surface area contributed by atoms with Crippen molar-refractivity contribution in [3.05, 3.63) is 173 Å². The van der Waals surface area contributed by atoms with Gasteiger partial charge in [0.2, 0.25) is 0 Å². The summed E-state index contributed by atoms with van der Waals surface area (Å²) in [5.41, 5.74) is 14.4. The molecule has 0 heterocycles. The van der Waals surface area contributed by atoms with Crippen LogP contribution in [0.1, 0.15) is 33.4 Å². The van der Waals surface area contributed by atoms with Crippen molar-refractivity contribution in [2.75, 3.05) is 4.90 Å². The Balaban J connectivity index is 1.38. The van der Waals surface area contributed by atoms with Gasteiger partial charge in [0, 0.05) is 5.69 Å². The van der Waals surface area contributed by atoms with Gasteiger partial charge >= 0.3 is 0 Å². The lowest BCUT2D eigenvalue weighted by atomic mass is 9.96. The molecule has 0 saturated heterocycles. The van der Waals surface area contributed by atoms with E-state index in [1.54, 1.807) is 0 Å². The molecule has 0 spiro atoms. The van der Waals surface area contributed by atoms with E-state index in [0.29, 0.717) is 0 Å². The lowest BCUT2D eigenvalue weighted by molar-refractivity contribution is 1.18. The number of rotatable bonds is 5. The molecule has 2 aliphatic rings. The van der Waals surface area contributed by atoms with Crippen molar-refractivity contribution >= 4 is 28.2 Å². The molecule has 0 aromatic heterocycles. The zero-order valence-corrected chi connectivity index (χ0v) is 20.6. The van der Waals surface area contributed by atoms with Gasteiger partial charge in [-0.2, -0.15) is 0 Å². The summed E-state index contributed by atoms with van der Waals surface area (Å²) in [4.78, 5) is 2.47. The smallest absolute Gasteiger partial charge is 0.0503 e. The number of nitrogens with zero attached hydrogens (tertiary/aromatic N) is 1. The van der Waals surface area contributed by atoms with Crippen LogP contribution < -0.4 is 4.90 Å². The summed E-state index contributed by atoms with van der Waals surface area (Å²) in [6.45, 7) is 0. The van der Waals surface area contributed by atoms with Gasteiger partial charge in [-0.1, -0.05) is 115 Å². The van der Waals surface area contributed by atoms with Crippen LogP contribution >= 0.6 is 0 Å². The zero-order valence-electron chi connectivity index (χ0n) is 20.6. The van der Waals surface area contributed by atoms with Crippen LogP contribution in [-0.2, 0) is 12.8 Å². The predicted molar refractivity (Wildman–Crippen MR) is 156 cm³/mol. The molecule has 0 radical (unpaired) electrons. The second-order valence-corrected chi connectivity index (χ2v) is 9.65. The highest BCUT2D eigenvalue weighted by molar-refractivity contribution is 5.93. The minimum Gasteiger partial charge on any atom is -0.310 e. The van der Waals surface area contributed by atoms with Crippen LogP contribution in [-0.4, -0.2) is 0 Å². The van der Waals surface area contributed by atoms with Gasteiger partial charge in [-0.05, 0) is 81.6 Å². The normalized spacial score (nSPS) is 13.5. The first-order valence-electron chi connectivity index (χ1n) is 13.0. The maximum Gasteiger partial charge on any atom is 0.0503 e. The second kappa shape index (κ2) is 9.11. The van der Waals surface area contributed by atoms with E-state index in [1.807, 2.05) is 0 Å². The molecule has 7 rings (SSSR count). The fourth-order valence-corrected chi connectivity index (χ4v) is 5.90. The molecular formula is C36H27N. The highest BCUT2D eigenvalue weighted by Crippen LogP contribution is 2.46. The molecule has 37 heavy (non-hydrogen) atoms. The molecule has 176 valence electrons. The summed E-state index contributed by atoms with van der Waals surface area (Å²) in [5, 5.41) is 0. The summed E-state index contributed by atoms with van der Waals surface area (Å²) in [6.07, 6.45) is 6.64. The van der Waals surface area contributed by atoms with Crippen LogP contribution in [0.2, 0.25) is 0 Å². The Morgan fingerprint density at radius 2 is 0.838 bits per heavy atom. The van der Waals surface area contributed by atoms with Gasteiger partial charge in [0.1, 0.15) is 0 Å². The van der Waals surface area contributed by atoms with Crippen LogP contribution in [0.3, 0.4) is 0 Å². The maximum atomic E-state index is 2.47. The Bertz CT molecular complexity index is 1540. The van der Waals surface area contributed by atoms with Crippen molar-refractivity contribution < 1.29 is 0 Å². The van der Waals surface area contributed by atoms with Crippen LogP contribution in [0, 0.1) is 0 Å². The van der Waals surface area contributed by atoms with E-state index in [2.05, 4.69) is 144 Å². The van der Waals surface area contributed by atoms with E-state index in [0.717, 1.165) is 12.8 Å². The van der Waals surface area contributed by atoms with Crippen molar-refractivity contribution in [1.29, 1.82) is 0 Å². The molecule has 5 aromatic carbocycles. The summed E-state index contributed by atoms with van der Waals surface area (Å²) < 4.78 is 0.